The minimum Gasteiger partial charge on any atom is -0.354 e. The van der Waals surface area contributed by atoms with Gasteiger partial charge in [-0.1, -0.05) is 30.3 Å². The summed E-state index contributed by atoms with van der Waals surface area (Å²) in [6.07, 6.45) is 4.67. The van der Waals surface area contributed by atoms with Crippen molar-refractivity contribution in [2.45, 2.75) is 24.9 Å². The predicted molar refractivity (Wildman–Crippen MR) is 116 cm³/mol. The first-order valence-electron chi connectivity index (χ1n) is 9.39. The molecular formula is C21H26Cl2N4O2. The van der Waals surface area contributed by atoms with Gasteiger partial charge in [0.2, 0.25) is 11.8 Å². The van der Waals surface area contributed by atoms with Gasteiger partial charge in [0.1, 0.15) is 0 Å². The number of nitrogens with zero attached hydrogens (tertiary/aromatic N) is 2. The molecule has 0 radical (unpaired) electrons. The number of carbonyl (C=O) groups is 2. The van der Waals surface area contributed by atoms with E-state index < -0.39 is 5.92 Å². The molecule has 0 spiro atoms. The SMILES string of the molecule is CN1C(=O)CC(C(=O)NCC2NCCc3ccccc32)C1c1cccnc1.Cl.Cl. The molecule has 0 bridgehead atoms. The summed E-state index contributed by atoms with van der Waals surface area (Å²) in [4.78, 5) is 31.0. The van der Waals surface area contributed by atoms with E-state index >= 15 is 0 Å². The highest BCUT2D eigenvalue weighted by molar-refractivity contribution is 5.90. The van der Waals surface area contributed by atoms with Gasteiger partial charge in [0.15, 0.2) is 0 Å². The summed E-state index contributed by atoms with van der Waals surface area (Å²) in [5.41, 5.74) is 3.47. The number of halogens is 2. The summed E-state index contributed by atoms with van der Waals surface area (Å²) in [6, 6.07) is 11.9. The molecule has 3 heterocycles. The van der Waals surface area contributed by atoms with Crippen LogP contribution in [0.15, 0.2) is 48.8 Å². The normalized spacial score (nSPS) is 22.9. The van der Waals surface area contributed by atoms with Crippen molar-refractivity contribution in [3.63, 3.8) is 0 Å². The summed E-state index contributed by atoms with van der Waals surface area (Å²) in [5.74, 6) is -0.484. The third-order valence-corrected chi connectivity index (χ3v) is 5.65. The average Bonchev–Trinajstić information content (AvgIpc) is 3.01. The van der Waals surface area contributed by atoms with Gasteiger partial charge in [-0.15, -0.1) is 24.8 Å². The molecule has 0 saturated carbocycles. The Hall–Kier alpha value is -2.15. The van der Waals surface area contributed by atoms with Gasteiger partial charge >= 0.3 is 0 Å². The fourth-order valence-electron chi connectivity index (χ4n) is 4.22. The number of carbonyl (C=O) groups excluding carboxylic acids is 2. The van der Waals surface area contributed by atoms with Gasteiger partial charge in [-0.2, -0.15) is 0 Å². The van der Waals surface area contributed by atoms with Crippen molar-refractivity contribution in [2.24, 2.45) is 5.92 Å². The number of likely N-dealkylation sites (tertiary alicyclic amines) is 1. The fourth-order valence-corrected chi connectivity index (χ4v) is 4.22. The number of hydrogen-bond donors (Lipinski definition) is 2. The van der Waals surface area contributed by atoms with Crippen molar-refractivity contribution in [3.8, 4) is 0 Å². The van der Waals surface area contributed by atoms with Gasteiger partial charge in [-0.3, -0.25) is 14.6 Å². The minimum atomic E-state index is -0.398. The summed E-state index contributed by atoms with van der Waals surface area (Å²) in [6.45, 7) is 1.42. The summed E-state index contributed by atoms with van der Waals surface area (Å²) in [5, 5.41) is 6.55. The van der Waals surface area contributed by atoms with Crippen LogP contribution in [0.5, 0.6) is 0 Å². The molecule has 29 heavy (non-hydrogen) atoms. The van der Waals surface area contributed by atoms with Crippen LogP contribution in [0.3, 0.4) is 0 Å². The molecule has 4 rings (SSSR count). The maximum atomic E-state index is 12.9. The maximum Gasteiger partial charge on any atom is 0.226 e. The number of pyridine rings is 1. The molecule has 1 aromatic heterocycles. The zero-order chi connectivity index (χ0) is 18.8. The maximum absolute atomic E-state index is 12.9. The molecule has 3 atom stereocenters. The third kappa shape index (κ3) is 4.71. The second-order valence-corrected chi connectivity index (χ2v) is 7.25. The van der Waals surface area contributed by atoms with E-state index in [-0.39, 0.29) is 55.1 Å². The molecule has 1 aromatic carbocycles. The minimum absolute atomic E-state index is 0. The molecular weight excluding hydrogens is 411 g/mol. The number of rotatable bonds is 4. The van der Waals surface area contributed by atoms with Gasteiger partial charge in [-0.25, -0.2) is 0 Å². The zero-order valence-electron chi connectivity index (χ0n) is 16.2. The Labute approximate surface area is 183 Å². The van der Waals surface area contributed by atoms with E-state index in [4.69, 9.17) is 0 Å². The van der Waals surface area contributed by atoms with Gasteiger partial charge in [0.25, 0.3) is 0 Å². The quantitative estimate of drug-likeness (QED) is 0.771. The lowest BCUT2D eigenvalue weighted by Crippen LogP contribution is -2.41. The van der Waals surface area contributed by atoms with Crippen LogP contribution in [0.4, 0.5) is 0 Å². The highest BCUT2D eigenvalue weighted by Gasteiger charge is 2.42. The van der Waals surface area contributed by atoms with Crippen LogP contribution < -0.4 is 10.6 Å². The second-order valence-electron chi connectivity index (χ2n) is 7.25. The lowest BCUT2D eigenvalue weighted by molar-refractivity contribution is -0.128. The van der Waals surface area contributed by atoms with Gasteiger partial charge in [0.05, 0.1) is 12.0 Å². The monoisotopic (exact) mass is 436 g/mol. The molecule has 1 saturated heterocycles. The Morgan fingerprint density at radius 2 is 2.03 bits per heavy atom. The molecule has 156 valence electrons. The lowest BCUT2D eigenvalue weighted by atomic mass is 9.92. The molecule has 3 unspecified atom stereocenters. The molecule has 1 fully saturated rings. The largest absolute Gasteiger partial charge is 0.354 e. The Kier molecular flexibility index (Phi) is 8.02. The standard InChI is InChI=1S/C21H24N4O2.2ClH/c1-25-19(26)11-17(20(25)15-6-4-9-22-12-15)21(27)24-13-18-16-7-3-2-5-14(16)8-10-23-18;;/h2-7,9,12,17-18,20,23H,8,10-11,13H2,1H3,(H,24,27);2*1H. The Balaban J connectivity index is 0.00000150. The molecule has 6 nitrogen and oxygen atoms in total. The van der Waals surface area contributed by atoms with Gasteiger partial charge in [0, 0.05) is 38.4 Å². The Morgan fingerprint density at radius 1 is 1.24 bits per heavy atom. The van der Waals surface area contributed by atoms with Crippen LogP contribution >= 0.6 is 24.8 Å². The average molecular weight is 437 g/mol. The number of aromatic nitrogens is 1. The number of benzene rings is 1. The highest BCUT2D eigenvalue weighted by Crippen LogP contribution is 2.36. The Bertz CT molecular complexity index is 850. The topological polar surface area (TPSA) is 74.3 Å². The highest BCUT2D eigenvalue weighted by atomic mass is 35.5. The van der Waals surface area contributed by atoms with Crippen molar-refractivity contribution >= 4 is 36.6 Å². The molecule has 8 heteroatoms. The summed E-state index contributed by atoms with van der Waals surface area (Å²) >= 11 is 0. The van der Waals surface area contributed by atoms with Crippen LogP contribution in [-0.4, -0.2) is 41.8 Å². The van der Waals surface area contributed by atoms with Crippen molar-refractivity contribution in [1.29, 1.82) is 0 Å². The summed E-state index contributed by atoms with van der Waals surface area (Å²) in [7, 11) is 1.76. The number of fused-ring (bicyclic) bond motifs is 1. The smallest absolute Gasteiger partial charge is 0.226 e. The first-order chi connectivity index (χ1) is 13.1. The van der Waals surface area contributed by atoms with E-state index in [0.29, 0.717) is 6.54 Å². The summed E-state index contributed by atoms with van der Waals surface area (Å²) < 4.78 is 0. The number of nitrogens with one attached hydrogen (secondary N) is 2. The van der Waals surface area contributed by atoms with Crippen molar-refractivity contribution in [1.82, 2.24) is 20.5 Å². The van der Waals surface area contributed by atoms with E-state index in [1.165, 1.54) is 11.1 Å². The lowest BCUT2D eigenvalue weighted by Gasteiger charge is -2.28. The van der Waals surface area contributed by atoms with Crippen LogP contribution in [0.25, 0.3) is 0 Å². The van der Waals surface area contributed by atoms with Crippen molar-refractivity contribution in [2.75, 3.05) is 20.1 Å². The van der Waals surface area contributed by atoms with Crippen LogP contribution in [0.2, 0.25) is 0 Å². The molecule has 2 aromatic rings. The van der Waals surface area contributed by atoms with Crippen molar-refractivity contribution < 1.29 is 9.59 Å². The molecule has 0 aliphatic carbocycles. The first kappa shape index (κ1) is 23.1. The van der Waals surface area contributed by atoms with Crippen LogP contribution in [0, 0.1) is 5.92 Å². The predicted octanol–water partition coefficient (Wildman–Crippen LogP) is 2.45. The number of amides is 2. The van der Waals surface area contributed by atoms with Crippen LogP contribution in [0.1, 0.15) is 35.2 Å². The van der Waals surface area contributed by atoms with E-state index in [9.17, 15) is 9.59 Å². The number of hydrogen-bond acceptors (Lipinski definition) is 4. The van der Waals surface area contributed by atoms with E-state index in [2.05, 4.69) is 33.8 Å². The molecule has 2 amide bonds. The fraction of sp³-hybridized carbons (Fsp3) is 0.381. The van der Waals surface area contributed by atoms with Gasteiger partial charge in [-0.05, 0) is 35.7 Å². The first-order valence-corrected chi connectivity index (χ1v) is 9.39. The third-order valence-electron chi connectivity index (χ3n) is 5.65. The second kappa shape index (κ2) is 10.1. The van der Waals surface area contributed by atoms with E-state index in [1.807, 2.05) is 18.2 Å². The van der Waals surface area contributed by atoms with E-state index in [0.717, 1.165) is 18.5 Å². The molecule has 2 aliphatic rings. The van der Waals surface area contributed by atoms with Gasteiger partial charge < -0.3 is 15.5 Å². The molecule has 2 N–H and O–H groups in total. The van der Waals surface area contributed by atoms with Crippen LogP contribution in [-0.2, 0) is 16.0 Å². The van der Waals surface area contributed by atoms with E-state index in [1.54, 1.807) is 24.3 Å². The molecule has 2 aliphatic heterocycles. The zero-order valence-corrected chi connectivity index (χ0v) is 17.8. The van der Waals surface area contributed by atoms with Crippen molar-refractivity contribution in [3.05, 3.63) is 65.5 Å². The Morgan fingerprint density at radius 3 is 2.79 bits per heavy atom.